The van der Waals surface area contributed by atoms with E-state index >= 15 is 0 Å². The number of nitrogens with one attached hydrogen (secondary N) is 1. The Morgan fingerprint density at radius 2 is 2.33 bits per heavy atom. The van der Waals surface area contributed by atoms with E-state index in [4.69, 9.17) is 0 Å². The van der Waals surface area contributed by atoms with E-state index in [9.17, 15) is 0 Å². The number of aryl methyl sites for hydroxylation is 1. The molecule has 15 heavy (non-hydrogen) atoms. The number of hydrogen-bond donors (Lipinski definition) is 1. The third-order valence-corrected chi connectivity index (χ3v) is 3.72. The minimum Gasteiger partial charge on any atom is -0.311 e. The first-order valence-electron chi connectivity index (χ1n) is 4.84. The summed E-state index contributed by atoms with van der Waals surface area (Å²) >= 11 is 3.46. The topological polar surface area (TPSA) is 37.8 Å². The monoisotopic (exact) mass is 239 g/mol. The molecule has 2 rings (SSSR count). The summed E-state index contributed by atoms with van der Waals surface area (Å²) in [7, 11) is 0. The Labute approximate surface area is 97.2 Å². The van der Waals surface area contributed by atoms with Gasteiger partial charge in [0, 0.05) is 41.7 Å². The summed E-state index contributed by atoms with van der Waals surface area (Å²) in [6.07, 6.45) is 4.85. The minimum atomic E-state index is 0.912. The lowest BCUT2D eigenvalue weighted by molar-refractivity contribution is 0.691. The Kier molecular flexibility index (Phi) is 3.82. The highest BCUT2D eigenvalue weighted by Crippen LogP contribution is 2.11. The van der Waals surface area contributed by atoms with Crippen LogP contribution >= 0.6 is 22.7 Å². The smallest absolute Gasteiger partial charge is 0.0940 e. The highest BCUT2D eigenvalue weighted by molar-refractivity contribution is 7.11. The molecule has 3 nitrogen and oxygen atoms in total. The predicted molar refractivity (Wildman–Crippen MR) is 64.4 cm³/mol. The Morgan fingerprint density at radius 1 is 1.40 bits per heavy atom. The van der Waals surface area contributed by atoms with Crippen molar-refractivity contribution in [2.24, 2.45) is 0 Å². The van der Waals surface area contributed by atoms with Crippen molar-refractivity contribution in [1.82, 2.24) is 15.3 Å². The van der Waals surface area contributed by atoms with Gasteiger partial charge in [0.1, 0.15) is 0 Å². The predicted octanol–water partition coefficient (Wildman–Crippen LogP) is 2.24. The highest BCUT2D eigenvalue weighted by Gasteiger charge is 1.98. The number of hydrogen-bond acceptors (Lipinski definition) is 5. The van der Waals surface area contributed by atoms with Gasteiger partial charge in [-0.25, -0.2) is 4.98 Å². The Morgan fingerprint density at radius 3 is 3.00 bits per heavy atom. The van der Waals surface area contributed by atoms with Gasteiger partial charge >= 0.3 is 0 Å². The SMILES string of the molecule is Cc1cnc(CCNCc2cncs2)s1. The van der Waals surface area contributed by atoms with E-state index in [2.05, 4.69) is 22.2 Å². The fourth-order valence-electron chi connectivity index (χ4n) is 1.25. The van der Waals surface area contributed by atoms with Crippen LogP contribution in [0.25, 0.3) is 0 Å². The lowest BCUT2D eigenvalue weighted by Crippen LogP contribution is -2.15. The zero-order valence-corrected chi connectivity index (χ0v) is 10.2. The molecule has 80 valence electrons. The largest absolute Gasteiger partial charge is 0.311 e. The van der Waals surface area contributed by atoms with Crippen LogP contribution in [0, 0.1) is 6.92 Å². The van der Waals surface area contributed by atoms with Gasteiger partial charge in [0.15, 0.2) is 0 Å². The van der Waals surface area contributed by atoms with Crippen molar-refractivity contribution in [3.8, 4) is 0 Å². The van der Waals surface area contributed by atoms with Gasteiger partial charge in [-0.2, -0.15) is 0 Å². The fourth-order valence-corrected chi connectivity index (χ4v) is 2.60. The van der Waals surface area contributed by atoms with Crippen LogP contribution < -0.4 is 5.32 Å². The summed E-state index contributed by atoms with van der Waals surface area (Å²) in [4.78, 5) is 10.9. The van der Waals surface area contributed by atoms with E-state index < -0.39 is 0 Å². The van der Waals surface area contributed by atoms with Crippen LogP contribution in [0.5, 0.6) is 0 Å². The van der Waals surface area contributed by atoms with Gasteiger partial charge < -0.3 is 5.32 Å². The molecule has 5 heteroatoms. The maximum absolute atomic E-state index is 4.32. The van der Waals surface area contributed by atoms with Crippen LogP contribution in [0.2, 0.25) is 0 Å². The molecule has 2 heterocycles. The molecule has 0 saturated heterocycles. The van der Waals surface area contributed by atoms with Gasteiger partial charge in [0.05, 0.1) is 10.5 Å². The highest BCUT2D eigenvalue weighted by atomic mass is 32.1. The van der Waals surface area contributed by atoms with Gasteiger partial charge in [0.2, 0.25) is 0 Å². The van der Waals surface area contributed by atoms with E-state index in [-0.39, 0.29) is 0 Å². The van der Waals surface area contributed by atoms with Crippen molar-refractivity contribution in [2.75, 3.05) is 6.54 Å². The van der Waals surface area contributed by atoms with Crippen molar-refractivity contribution in [3.63, 3.8) is 0 Å². The lowest BCUT2D eigenvalue weighted by atomic mass is 10.4. The Balaban J connectivity index is 1.67. The van der Waals surface area contributed by atoms with E-state index in [1.165, 1.54) is 14.8 Å². The quantitative estimate of drug-likeness (QED) is 0.813. The molecule has 0 fully saturated rings. The zero-order chi connectivity index (χ0) is 10.5. The molecule has 0 aliphatic heterocycles. The molecule has 0 unspecified atom stereocenters. The second kappa shape index (κ2) is 5.34. The van der Waals surface area contributed by atoms with E-state index in [1.54, 1.807) is 22.7 Å². The normalized spacial score (nSPS) is 10.7. The van der Waals surface area contributed by atoms with Gasteiger partial charge in [0.25, 0.3) is 0 Å². The Hall–Kier alpha value is -0.780. The molecule has 0 saturated carbocycles. The number of thiazole rings is 2. The molecule has 2 aromatic rings. The summed E-state index contributed by atoms with van der Waals surface area (Å²) in [5.41, 5.74) is 1.86. The van der Waals surface area contributed by atoms with Crippen LogP contribution in [-0.2, 0) is 13.0 Å². The molecule has 0 atom stereocenters. The minimum absolute atomic E-state index is 0.912. The molecule has 0 aliphatic carbocycles. The molecule has 2 aromatic heterocycles. The van der Waals surface area contributed by atoms with Crippen molar-refractivity contribution >= 4 is 22.7 Å². The van der Waals surface area contributed by atoms with Crippen molar-refractivity contribution in [3.05, 3.63) is 32.7 Å². The van der Waals surface area contributed by atoms with Gasteiger partial charge in [-0.15, -0.1) is 22.7 Å². The van der Waals surface area contributed by atoms with Gasteiger partial charge in [-0.3, -0.25) is 4.98 Å². The van der Waals surface area contributed by atoms with Crippen LogP contribution in [-0.4, -0.2) is 16.5 Å². The summed E-state index contributed by atoms with van der Waals surface area (Å²) in [5, 5.41) is 4.59. The van der Waals surface area contributed by atoms with Gasteiger partial charge in [-0.05, 0) is 6.92 Å². The molecular weight excluding hydrogens is 226 g/mol. The third-order valence-electron chi connectivity index (χ3n) is 1.97. The average Bonchev–Trinajstić information content (AvgIpc) is 2.84. The molecule has 0 aliphatic rings. The zero-order valence-electron chi connectivity index (χ0n) is 8.56. The fraction of sp³-hybridized carbons (Fsp3) is 0.400. The van der Waals surface area contributed by atoms with Crippen LogP contribution in [0.15, 0.2) is 17.9 Å². The summed E-state index contributed by atoms with van der Waals surface area (Å²) in [6.45, 7) is 3.98. The molecular formula is C10H13N3S2. The molecule has 0 amide bonds. The Bertz CT molecular complexity index is 394. The first-order valence-corrected chi connectivity index (χ1v) is 6.53. The number of rotatable bonds is 5. The molecule has 1 N–H and O–H groups in total. The summed E-state index contributed by atoms with van der Waals surface area (Å²) in [6, 6.07) is 0. The second-order valence-corrected chi connectivity index (χ2v) is 5.55. The van der Waals surface area contributed by atoms with Crippen LogP contribution in [0.4, 0.5) is 0 Å². The molecule has 0 aromatic carbocycles. The summed E-state index contributed by atoms with van der Waals surface area (Å²) in [5.74, 6) is 0. The lowest BCUT2D eigenvalue weighted by Gasteiger charge is -1.99. The van der Waals surface area contributed by atoms with E-state index in [0.29, 0.717) is 0 Å². The number of nitrogens with zero attached hydrogens (tertiary/aromatic N) is 2. The molecule has 0 spiro atoms. The first kappa shape index (κ1) is 10.7. The number of aromatic nitrogens is 2. The van der Waals surface area contributed by atoms with Crippen molar-refractivity contribution < 1.29 is 0 Å². The van der Waals surface area contributed by atoms with Crippen LogP contribution in [0.1, 0.15) is 14.8 Å². The standard InChI is InChI=1S/C10H13N3S2/c1-8-4-13-10(15-8)2-3-11-5-9-6-12-7-14-9/h4,6-7,11H,2-3,5H2,1H3. The molecule has 0 bridgehead atoms. The maximum Gasteiger partial charge on any atom is 0.0940 e. The maximum atomic E-state index is 4.32. The molecule has 0 radical (unpaired) electrons. The van der Waals surface area contributed by atoms with Crippen molar-refractivity contribution in [2.45, 2.75) is 19.9 Å². The summed E-state index contributed by atoms with van der Waals surface area (Å²) < 4.78 is 0. The van der Waals surface area contributed by atoms with Crippen molar-refractivity contribution in [1.29, 1.82) is 0 Å². The third kappa shape index (κ3) is 3.37. The first-order chi connectivity index (χ1) is 7.34. The average molecular weight is 239 g/mol. The van der Waals surface area contributed by atoms with Gasteiger partial charge in [-0.1, -0.05) is 0 Å². The second-order valence-electron chi connectivity index (χ2n) is 3.26. The van der Waals surface area contributed by atoms with Crippen LogP contribution in [0.3, 0.4) is 0 Å². The van der Waals surface area contributed by atoms with E-state index in [1.807, 2.05) is 17.9 Å². The van der Waals surface area contributed by atoms with E-state index in [0.717, 1.165) is 19.5 Å².